The summed E-state index contributed by atoms with van der Waals surface area (Å²) in [6, 6.07) is 8.93. The van der Waals surface area contributed by atoms with E-state index in [1.54, 1.807) is 29.5 Å². The van der Waals surface area contributed by atoms with Crippen LogP contribution in [-0.2, 0) is 10.0 Å². The van der Waals surface area contributed by atoms with E-state index in [1.807, 2.05) is 39.0 Å². The Morgan fingerprint density at radius 3 is 2.62 bits per heavy atom. The summed E-state index contributed by atoms with van der Waals surface area (Å²) in [6.45, 7) is 6.55. The molecule has 0 aliphatic rings. The van der Waals surface area contributed by atoms with Gasteiger partial charge in [-0.25, -0.2) is 13.4 Å². The number of H-pyrrole nitrogens is 1. The number of rotatable bonds is 6. The largest absolute Gasteiger partial charge is 0.337 e. The first-order chi connectivity index (χ1) is 12.3. The second kappa shape index (κ2) is 7.52. The number of hydrogen-bond donors (Lipinski definition) is 1. The molecule has 0 aliphatic heterocycles. The molecule has 0 unspecified atom stereocenters. The smallest absolute Gasteiger partial charge is 0.243 e. The van der Waals surface area contributed by atoms with Crippen molar-refractivity contribution in [1.29, 1.82) is 0 Å². The van der Waals surface area contributed by atoms with Gasteiger partial charge in [0.15, 0.2) is 0 Å². The number of sulfonamides is 1. The maximum atomic E-state index is 12.7. The molecular formula is C18H20ClN3O2S2. The Morgan fingerprint density at radius 2 is 2.00 bits per heavy atom. The maximum Gasteiger partial charge on any atom is 0.243 e. The van der Waals surface area contributed by atoms with E-state index >= 15 is 0 Å². The molecular weight excluding hydrogens is 390 g/mol. The van der Waals surface area contributed by atoms with Gasteiger partial charge >= 0.3 is 0 Å². The number of fused-ring (bicyclic) bond motifs is 1. The fourth-order valence-electron chi connectivity index (χ4n) is 2.70. The molecule has 2 heterocycles. The molecule has 0 spiro atoms. The van der Waals surface area contributed by atoms with Crippen LogP contribution < -0.4 is 0 Å². The number of thiophene rings is 1. The zero-order valence-electron chi connectivity index (χ0n) is 14.8. The standard InChI is InChI=1S/C18H20ClN3O2S2/c1-4-22(5-2)26(23,24)14-8-9-16-17(11-14)21-18(20-16)15(19)10-13-7-6-12(3)25-13/h6-11H,4-5H2,1-3H3,(H,20,21). The Morgan fingerprint density at radius 1 is 1.27 bits per heavy atom. The van der Waals surface area contributed by atoms with Gasteiger partial charge in [0.25, 0.3) is 0 Å². The number of aromatic nitrogens is 2. The molecule has 0 saturated heterocycles. The van der Waals surface area contributed by atoms with E-state index in [0.717, 1.165) is 4.88 Å². The molecule has 1 aromatic carbocycles. The number of imidazole rings is 1. The van der Waals surface area contributed by atoms with Crippen LogP contribution in [-0.4, -0.2) is 35.8 Å². The van der Waals surface area contributed by atoms with Crippen LogP contribution in [0.25, 0.3) is 22.1 Å². The third-order valence-corrected chi connectivity index (χ3v) is 7.33. The van der Waals surface area contributed by atoms with E-state index in [2.05, 4.69) is 9.97 Å². The first kappa shape index (κ1) is 19.1. The predicted molar refractivity (Wildman–Crippen MR) is 109 cm³/mol. The molecule has 0 bridgehead atoms. The van der Waals surface area contributed by atoms with Crippen molar-refractivity contribution in [2.45, 2.75) is 25.7 Å². The summed E-state index contributed by atoms with van der Waals surface area (Å²) >= 11 is 8.04. The topological polar surface area (TPSA) is 66.1 Å². The minimum absolute atomic E-state index is 0.248. The number of halogens is 1. The molecule has 3 rings (SSSR count). The number of nitrogens with zero attached hydrogens (tertiary/aromatic N) is 2. The number of aryl methyl sites for hydroxylation is 1. The highest BCUT2D eigenvalue weighted by molar-refractivity contribution is 7.89. The summed E-state index contributed by atoms with van der Waals surface area (Å²) in [5.41, 5.74) is 1.31. The van der Waals surface area contributed by atoms with Crippen molar-refractivity contribution in [3.05, 3.63) is 45.9 Å². The highest BCUT2D eigenvalue weighted by Crippen LogP contribution is 2.27. The molecule has 0 fully saturated rings. The Bertz CT molecular complexity index is 1060. The lowest BCUT2D eigenvalue weighted by molar-refractivity contribution is 0.445. The van der Waals surface area contributed by atoms with Crippen molar-refractivity contribution in [2.75, 3.05) is 13.1 Å². The summed E-state index contributed by atoms with van der Waals surface area (Å²) in [5.74, 6) is 0.519. The highest BCUT2D eigenvalue weighted by atomic mass is 35.5. The number of hydrogen-bond acceptors (Lipinski definition) is 4. The monoisotopic (exact) mass is 409 g/mol. The van der Waals surface area contributed by atoms with Crippen LogP contribution in [0.1, 0.15) is 29.4 Å². The van der Waals surface area contributed by atoms with Crippen LogP contribution in [0.15, 0.2) is 35.2 Å². The lowest BCUT2D eigenvalue weighted by Crippen LogP contribution is -2.30. The lowest BCUT2D eigenvalue weighted by atomic mass is 10.3. The van der Waals surface area contributed by atoms with Crippen molar-refractivity contribution in [1.82, 2.24) is 14.3 Å². The molecule has 2 aromatic heterocycles. The van der Waals surface area contributed by atoms with Gasteiger partial charge < -0.3 is 4.98 Å². The highest BCUT2D eigenvalue weighted by Gasteiger charge is 2.22. The molecule has 3 aromatic rings. The van der Waals surface area contributed by atoms with Gasteiger partial charge in [0.2, 0.25) is 10.0 Å². The van der Waals surface area contributed by atoms with E-state index in [4.69, 9.17) is 11.6 Å². The average molecular weight is 410 g/mol. The Balaban J connectivity index is 1.99. The summed E-state index contributed by atoms with van der Waals surface area (Å²) in [7, 11) is -3.51. The van der Waals surface area contributed by atoms with E-state index in [0.29, 0.717) is 35.0 Å². The molecule has 138 valence electrons. The van der Waals surface area contributed by atoms with Crippen LogP contribution in [0.2, 0.25) is 0 Å². The normalized spacial score (nSPS) is 13.0. The maximum absolute atomic E-state index is 12.7. The van der Waals surface area contributed by atoms with Crippen molar-refractivity contribution in [3.63, 3.8) is 0 Å². The van der Waals surface area contributed by atoms with E-state index in [-0.39, 0.29) is 4.90 Å². The molecule has 0 saturated carbocycles. The molecule has 0 amide bonds. The predicted octanol–water partition coefficient (Wildman–Crippen LogP) is 4.70. The van der Waals surface area contributed by atoms with Gasteiger partial charge in [0, 0.05) is 22.8 Å². The average Bonchev–Trinajstić information content (AvgIpc) is 3.21. The number of nitrogens with one attached hydrogen (secondary N) is 1. The molecule has 0 atom stereocenters. The number of aromatic amines is 1. The molecule has 8 heteroatoms. The van der Waals surface area contributed by atoms with Crippen LogP contribution in [0.5, 0.6) is 0 Å². The first-order valence-electron chi connectivity index (χ1n) is 8.29. The van der Waals surface area contributed by atoms with Crippen LogP contribution >= 0.6 is 22.9 Å². The van der Waals surface area contributed by atoms with Crippen molar-refractivity contribution >= 4 is 55.1 Å². The lowest BCUT2D eigenvalue weighted by Gasteiger charge is -2.18. The summed E-state index contributed by atoms with van der Waals surface area (Å²) in [4.78, 5) is 10.1. The van der Waals surface area contributed by atoms with Gasteiger partial charge in [-0.3, -0.25) is 0 Å². The van der Waals surface area contributed by atoms with E-state index in [1.165, 1.54) is 9.18 Å². The Hall–Kier alpha value is -1.67. The molecule has 0 radical (unpaired) electrons. The first-order valence-corrected chi connectivity index (χ1v) is 10.9. The van der Waals surface area contributed by atoms with Crippen molar-refractivity contribution in [3.8, 4) is 0 Å². The fraction of sp³-hybridized carbons (Fsp3) is 0.278. The van der Waals surface area contributed by atoms with Gasteiger partial charge in [-0.2, -0.15) is 4.31 Å². The van der Waals surface area contributed by atoms with Gasteiger partial charge in [0.1, 0.15) is 5.82 Å². The van der Waals surface area contributed by atoms with Crippen LogP contribution in [0, 0.1) is 6.92 Å². The van der Waals surface area contributed by atoms with Crippen LogP contribution in [0.4, 0.5) is 0 Å². The minimum Gasteiger partial charge on any atom is -0.337 e. The van der Waals surface area contributed by atoms with E-state index < -0.39 is 10.0 Å². The van der Waals surface area contributed by atoms with Gasteiger partial charge in [-0.15, -0.1) is 11.3 Å². The fourth-order valence-corrected chi connectivity index (χ4v) is 5.28. The summed E-state index contributed by atoms with van der Waals surface area (Å²) in [6.07, 6.45) is 1.85. The molecule has 26 heavy (non-hydrogen) atoms. The SMILES string of the molecule is CCN(CC)S(=O)(=O)c1ccc2nc(C(Cl)=Cc3ccc(C)s3)[nH]c2c1. The summed E-state index contributed by atoms with van der Waals surface area (Å²) < 4.78 is 26.8. The van der Waals surface area contributed by atoms with E-state index in [9.17, 15) is 8.42 Å². The third kappa shape index (κ3) is 3.71. The van der Waals surface area contributed by atoms with Gasteiger partial charge in [-0.05, 0) is 43.3 Å². The third-order valence-electron chi connectivity index (χ3n) is 4.05. The quantitative estimate of drug-likeness (QED) is 0.641. The Labute approximate surface area is 162 Å². The number of benzene rings is 1. The Kier molecular flexibility index (Phi) is 5.53. The zero-order chi connectivity index (χ0) is 18.9. The molecule has 0 aliphatic carbocycles. The summed E-state index contributed by atoms with van der Waals surface area (Å²) in [5, 5.41) is 0.483. The minimum atomic E-state index is -3.51. The van der Waals surface area contributed by atoms with Crippen molar-refractivity contribution in [2.24, 2.45) is 0 Å². The zero-order valence-corrected chi connectivity index (χ0v) is 17.2. The van der Waals surface area contributed by atoms with Gasteiger partial charge in [-0.1, -0.05) is 25.4 Å². The molecule has 5 nitrogen and oxygen atoms in total. The van der Waals surface area contributed by atoms with Crippen LogP contribution in [0.3, 0.4) is 0 Å². The second-order valence-corrected chi connectivity index (χ2v) is 9.46. The van der Waals surface area contributed by atoms with Crippen molar-refractivity contribution < 1.29 is 8.42 Å². The van der Waals surface area contributed by atoms with Gasteiger partial charge in [0.05, 0.1) is 21.0 Å². The molecule has 1 N–H and O–H groups in total. The second-order valence-electron chi connectivity index (χ2n) is 5.79.